The minimum atomic E-state index is -0.469. The van der Waals surface area contributed by atoms with E-state index in [0.29, 0.717) is 22.8 Å². The summed E-state index contributed by atoms with van der Waals surface area (Å²) >= 11 is 0. The Hall–Kier alpha value is -3.22. The molecule has 1 atom stereocenters. The minimum Gasteiger partial charge on any atom is -0.497 e. The largest absolute Gasteiger partial charge is 0.497 e. The van der Waals surface area contributed by atoms with Crippen molar-refractivity contribution < 1.29 is 28.2 Å². The molecule has 0 aliphatic rings. The summed E-state index contributed by atoms with van der Waals surface area (Å²) in [4.78, 5) is 26.1. The first-order chi connectivity index (χ1) is 13.5. The van der Waals surface area contributed by atoms with Crippen LogP contribution in [0.1, 0.15) is 18.2 Å². The van der Waals surface area contributed by atoms with Gasteiger partial charge in [-0.25, -0.2) is 0 Å². The Morgan fingerprint density at radius 2 is 1.96 bits per heavy atom. The second-order valence-electron chi connectivity index (χ2n) is 6.16. The summed E-state index contributed by atoms with van der Waals surface area (Å²) in [5.41, 5.74) is 0.703. The van der Waals surface area contributed by atoms with Crippen molar-refractivity contribution in [3.63, 3.8) is 0 Å². The molecule has 0 saturated carbocycles. The highest BCUT2D eigenvalue weighted by atomic mass is 16.5. The molecular formula is C21H25NO6. The number of amides is 1. The van der Waals surface area contributed by atoms with E-state index in [1.165, 1.54) is 18.1 Å². The summed E-state index contributed by atoms with van der Waals surface area (Å²) in [5, 5.41) is 0. The quantitative estimate of drug-likeness (QED) is 0.486. The molecule has 1 unspecified atom stereocenters. The van der Waals surface area contributed by atoms with Crippen LogP contribution in [0.15, 0.2) is 47.1 Å². The molecule has 1 aromatic heterocycles. The lowest BCUT2D eigenvalue weighted by molar-refractivity contribution is -0.146. The van der Waals surface area contributed by atoms with Crippen LogP contribution in [0, 0.1) is 5.92 Å². The first-order valence-corrected chi connectivity index (χ1v) is 8.77. The zero-order valence-electron chi connectivity index (χ0n) is 16.5. The maximum absolute atomic E-state index is 12.8. The molecule has 2 aromatic rings. The summed E-state index contributed by atoms with van der Waals surface area (Å²) in [5.74, 6) is 0.777. The molecule has 2 rings (SSSR count). The van der Waals surface area contributed by atoms with Crippen LogP contribution < -0.4 is 9.47 Å². The van der Waals surface area contributed by atoms with Crippen molar-refractivity contribution in [2.24, 2.45) is 5.92 Å². The summed E-state index contributed by atoms with van der Waals surface area (Å²) in [6.07, 6.45) is 4.63. The van der Waals surface area contributed by atoms with Gasteiger partial charge in [0.2, 0.25) is 5.91 Å². The smallest absolute Gasteiger partial charge is 0.310 e. The molecule has 28 heavy (non-hydrogen) atoms. The average molecular weight is 387 g/mol. The molecular weight excluding hydrogens is 362 g/mol. The van der Waals surface area contributed by atoms with E-state index in [0.717, 1.165) is 0 Å². The first kappa shape index (κ1) is 21.1. The number of rotatable bonds is 9. The predicted octanol–water partition coefficient (Wildman–Crippen LogP) is 3.15. The number of hydrogen-bond donors (Lipinski definition) is 0. The SMILES string of the molecule is COC(=O)C(C)CN(Cc1ccco1)C(=O)/C=C/c1cc(OC)ccc1OC. The van der Waals surface area contributed by atoms with Crippen LogP contribution >= 0.6 is 0 Å². The number of esters is 1. The topological polar surface area (TPSA) is 78.2 Å². The fourth-order valence-electron chi connectivity index (χ4n) is 2.67. The third-order valence-electron chi connectivity index (χ3n) is 4.18. The maximum atomic E-state index is 12.8. The monoisotopic (exact) mass is 387 g/mol. The molecule has 0 fully saturated rings. The van der Waals surface area contributed by atoms with Gasteiger partial charge in [-0.3, -0.25) is 9.59 Å². The highest BCUT2D eigenvalue weighted by Crippen LogP contribution is 2.25. The Morgan fingerprint density at radius 1 is 1.18 bits per heavy atom. The number of benzene rings is 1. The van der Waals surface area contributed by atoms with Gasteiger partial charge in [0.05, 0.1) is 40.1 Å². The van der Waals surface area contributed by atoms with Gasteiger partial charge in [-0.1, -0.05) is 6.92 Å². The molecule has 0 bridgehead atoms. The maximum Gasteiger partial charge on any atom is 0.310 e. The Bertz CT molecular complexity index is 812. The summed E-state index contributed by atoms with van der Waals surface area (Å²) < 4.78 is 20.7. The molecule has 1 aromatic carbocycles. The molecule has 0 N–H and O–H groups in total. The van der Waals surface area contributed by atoms with Crippen molar-refractivity contribution in [2.45, 2.75) is 13.5 Å². The fourth-order valence-corrected chi connectivity index (χ4v) is 2.67. The van der Waals surface area contributed by atoms with Crippen molar-refractivity contribution in [1.29, 1.82) is 0 Å². The van der Waals surface area contributed by atoms with Gasteiger partial charge in [0.25, 0.3) is 0 Å². The van der Waals surface area contributed by atoms with Crippen LogP contribution in [0.3, 0.4) is 0 Å². The van der Waals surface area contributed by atoms with Gasteiger partial charge >= 0.3 is 5.97 Å². The van der Waals surface area contributed by atoms with E-state index in [1.807, 2.05) is 0 Å². The van der Waals surface area contributed by atoms with E-state index < -0.39 is 5.92 Å². The van der Waals surface area contributed by atoms with Crippen LogP contribution in [0.2, 0.25) is 0 Å². The average Bonchev–Trinajstić information content (AvgIpc) is 3.23. The first-order valence-electron chi connectivity index (χ1n) is 8.77. The van der Waals surface area contributed by atoms with Gasteiger partial charge in [0.1, 0.15) is 17.3 Å². The predicted molar refractivity (Wildman–Crippen MR) is 104 cm³/mol. The molecule has 0 saturated heterocycles. The van der Waals surface area contributed by atoms with E-state index in [2.05, 4.69) is 0 Å². The number of furan rings is 1. The molecule has 0 aliphatic carbocycles. The third-order valence-corrected chi connectivity index (χ3v) is 4.18. The number of hydrogen-bond acceptors (Lipinski definition) is 6. The van der Waals surface area contributed by atoms with Gasteiger partial charge in [-0.2, -0.15) is 0 Å². The van der Waals surface area contributed by atoms with Gasteiger partial charge in [0, 0.05) is 18.2 Å². The second-order valence-corrected chi connectivity index (χ2v) is 6.16. The summed E-state index contributed by atoms with van der Waals surface area (Å²) in [7, 11) is 4.45. The van der Waals surface area contributed by atoms with Crippen molar-refractivity contribution in [2.75, 3.05) is 27.9 Å². The van der Waals surface area contributed by atoms with Crippen molar-refractivity contribution in [1.82, 2.24) is 4.90 Å². The molecule has 7 heteroatoms. The Labute approximate surface area is 164 Å². The van der Waals surface area contributed by atoms with Gasteiger partial charge in [0.15, 0.2) is 0 Å². The molecule has 1 heterocycles. The van der Waals surface area contributed by atoms with E-state index in [4.69, 9.17) is 18.6 Å². The van der Waals surface area contributed by atoms with E-state index in [1.54, 1.807) is 63.8 Å². The lowest BCUT2D eigenvalue weighted by Crippen LogP contribution is -2.35. The lowest BCUT2D eigenvalue weighted by atomic mass is 10.1. The molecule has 0 radical (unpaired) electrons. The third kappa shape index (κ3) is 5.64. The highest BCUT2D eigenvalue weighted by Gasteiger charge is 2.21. The van der Waals surface area contributed by atoms with Crippen LogP contribution in [0.5, 0.6) is 11.5 Å². The van der Waals surface area contributed by atoms with Crippen molar-refractivity contribution in [3.8, 4) is 11.5 Å². The van der Waals surface area contributed by atoms with E-state index >= 15 is 0 Å². The zero-order valence-corrected chi connectivity index (χ0v) is 16.5. The number of nitrogens with zero attached hydrogens (tertiary/aromatic N) is 1. The van der Waals surface area contributed by atoms with Gasteiger partial charge < -0.3 is 23.5 Å². The standard InChI is InChI=1S/C21H25NO6/c1-15(21(24)27-4)13-22(14-18-6-5-11-28-18)20(23)10-7-16-12-17(25-2)8-9-19(16)26-3/h5-12,15H,13-14H2,1-4H3/b10-7+. The number of ether oxygens (including phenoxy) is 3. The minimum absolute atomic E-state index is 0.200. The number of methoxy groups -OCH3 is 3. The van der Waals surface area contributed by atoms with Crippen LogP contribution in [0.25, 0.3) is 6.08 Å². The molecule has 0 spiro atoms. The van der Waals surface area contributed by atoms with Crippen molar-refractivity contribution in [3.05, 3.63) is 54.0 Å². The Balaban J connectivity index is 2.21. The highest BCUT2D eigenvalue weighted by molar-refractivity contribution is 5.92. The Kier molecular flexibility index (Phi) is 7.68. The van der Waals surface area contributed by atoms with Crippen LogP contribution in [-0.4, -0.2) is 44.7 Å². The summed E-state index contributed by atoms with van der Waals surface area (Å²) in [6, 6.07) is 8.84. The number of carbonyl (C=O) groups excluding carboxylic acids is 2. The number of carbonyl (C=O) groups is 2. The molecule has 0 aliphatic heterocycles. The van der Waals surface area contributed by atoms with Crippen molar-refractivity contribution >= 4 is 18.0 Å². The van der Waals surface area contributed by atoms with E-state index in [-0.39, 0.29) is 25.0 Å². The molecule has 150 valence electrons. The van der Waals surface area contributed by atoms with Crippen LogP contribution in [0.4, 0.5) is 0 Å². The van der Waals surface area contributed by atoms with Gasteiger partial charge in [-0.15, -0.1) is 0 Å². The lowest BCUT2D eigenvalue weighted by Gasteiger charge is -2.23. The Morgan fingerprint density at radius 3 is 2.57 bits per heavy atom. The normalized spacial score (nSPS) is 11.9. The zero-order chi connectivity index (χ0) is 20.5. The van der Waals surface area contributed by atoms with Gasteiger partial charge in [-0.05, 0) is 36.4 Å². The summed E-state index contributed by atoms with van der Waals surface area (Å²) in [6.45, 7) is 2.15. The van der Waals surface area contributed by atoms with Crippen LogP contribution in [-0.2, 0) is 20.9 Å². The molecule has 1 amide bonds. The van der Waals surface area contributed by atoms with E-state index in [9.17, 15) is 9.59 Å². The molecule has 7 nitrogen and oxygen atoms in total. The second kappa shape index (κ2) is 10.2. The fraction of sp³-hybridized carbons (Fsp3) is 0.333.